The van der Waals surface area contributed by atoms with Crippen molar-refractivity contribution in [1.82, 2.24) is 9.91 Å². The summed E-state index contributed by atoms with van der Waals surface area (Å²) in [5.74, 6) is -8.04. The average molecular weight is 694 g/mol. The Morgan fingerprint density at radius 1 is 0.920 bits per heavy atom. The van der Waals surface area contributed by atoms with Gasteiger partial charge in [0.25, 0.3) is 11.8 Å². The molecular weight excluding hydrogens is 665 g/mol. The van der Waals surface area contributed by atoms with Crippen LogP contribution in [0.3, 0.4) is 0 Å². The van der Waals surface area contributed by atoms with E-state index in [1.807, 2.05) is 24.3 Å². The Balaban J connectivity index is 1.38. The molecule has 5 amide bonds. The number of nitrogens with one attached hydrogen (secondary N) is 1. The number of phenols is 1. The van der Waals surface area contributed by atoms with Gasteiger partial charge in [0, 0.05) is 21.9 Å². The van der Waals surface area contributed by atoms with E-state index in [0.29, 0.717) is 32.0 Å². The van der Waals surface area contributed by atoms with E-state index >= 15 is 4.79 Å². The third-order valence-corrected chi connectivity index (χ3v) is 11.1. The van der Waals surface area contributed by atoms with Gasteiger partial charge in [-0.3, -0.25) is 24.6 Å². The van der Waals surface area contributed by atoms with Crippen LogP contribution in [0.25, 0.3) is 10.8 Å². The Bertz CT molecular complexity index is 2170. The normalized spacial score (nSPS) is 27.2. The van der Waals surface area contributed by atoms with Crippen LogP contribution in [0.1, 0.15) is 29.9 Å². The molecule has 4 aromatic rings. The maximum Gasteiger partial charge on any atom is 0.423 e. The Morgan fingerprint density at radius 2 is 1.64 bits per heavy atom. The maximum atomic E-state index is 15.2. The lowest BCUT2D eigenvalue weighted by Crippen LogP contribution is -2.53. The van der Waals surface area contributed by atoms with Crippen molar-refractivity contribution in [2.75, 3.05) is 12.5 Å². The number of allylic oxidation sites excluding steroid dienone is 2. The third kappa shape index (κ3) is 4.35. The summed E-state index contributed by atoms with van der Waals surface area (Å²) in [6.07, 6.45) is 0.785. The highest BCUT2D eigenvalue weighted by Crippen LogP contribution is 2.65. The van der Waals surface area contributed by atoms with Gasteiger partial charge in [-0.2, -0.15) is 9.91 Å². The van der Waals surface area contributed by atoms with Gasteiger partial charge < -0.3 is 9.84 Å². The lowest BCUT2D eigenvalue weighted by Gasteiger charge is -2.50. The first-order chi connectivity index (χ1) is 24.1. The number of fused-ring (bicyclic) bond motifs is 5. The molecule has 2 N–H and O–H groups in total. The van der Waals surface area contributed by atoms with E-state index in [2.05, 4.69) is 5.43 Å². The van der Waals surface area contributed by atoms with Crippen molar-refractivity contribution >= 4 is 57.8 Å². The number of halogens is 2. The molecule has 6 unspecified atom stereocenters. The minimum absolute atomic E-state index is 0.0271. The van der Waals surface area contributed by atoms with E-state index in [1.165, 1.54) is 24.3 Å². The van der Waals surface area contributed by atoms with Crippen LogP contribution in [0.15, 0.2) is 96.6 Å². The predicted octanol–water partition coefficient (Wildman–Crippen LogP) is 6.09. The van der Waals surface area contributed by atoms with Crippen LogP contribution in [0.2, 0.25) is 5.02 Å². The molecule has 0 radical (unpaired) electrons. The van der Waals surface area contributed by atoms with Gasteiger partial charge in [-0.05, 0) is 66.1 Å². The van der Waals surface area contributed by atoms with Gasteiger partial charge in [0.15, 0.2) is 0 Å². The number of hydrogen-bond acceptors (Lipinski definition) is 8. The molecule has 252 valence electrons. The van der Waals surface area contributed by atoms with E-state index < -0.39 is 70.5 Å². The standard InChI is InChI=1S/C38H29ClFN3O7/c1-50-37(49)42-33(45)26-17-16-25-28(30(26)35(42)47)18-29-34(46)43(41-23-13-11-22(40)12-14-23)36(48)38(29,20-7-9-21(39)10-8-20)31(25)27-15-6-19-4-2-3-5-24(19)32(27)44/h2-16,26,28-31,41,44H,17-18H2,1H3. The minimum Gasteiger partial charge on any atom is -0.507 e. The Labute approximate surface area is 290 Å². The van der Waals surface area contributed by atoms with Crippen LogP contribution in [0, 0.1) is 29.5 Å². The number of anilines is 1. The van der Waals surface area contributed by atoms with Gasteiger partial charge in [0.1, 0.15) is 11.6 Å². The number of hydrogen-bond donors (Lipinski definition) is 2. The molecule has 0 bridgehead atoms. The molecule has 12 heteroatoms. The van der Waals surface area contributed by atoms with Crippen LogP contribution in [0.5, 0.6) is 5.75 Å². The summed E-state index contributed by atoms with van der Waals surface area (Å²) in [5, 5.41) is 14.6. The van der Waals surface area contributed by atoms with E-state index in [4.69, 9.17) is 16.3 Å². The lowest BCUT2D eigenvalue weighted by atomic mass is 9.49. The number of carbonyl (C=O) groups excluding carboxylic acids is 5. The van der Waals surface area contributed by atoms with Gasteiger partial charge >= 0.3 is 6.09 Å². The molecule has 0 spiro atoms. The number of amides is 5. The van der Waals surface area contributed by atoms with Crippen LogP contribution in [0.4, 0.5) is 14.9 Å². The molecule has 8 rings (SSSR count). The summed E-state index contributed by atoms with van der Waals surface area (Å²) in [6, 6.07) is 22.6. The number of rotatable bonds is 4. The summed E-state index contributed by atoms with van der Waals surface area (Å²) in [5.41, 5.74) is 2.91. The largest absolute Gasteiger partial charge is 0.507 e. The number of ether oxygens (including phenoxy) is 1. The number of phenolic OH excluding ortho intramolecular Hbond substituents is 1. The van der Waals surface area contributed by atoms with Crippen molar-refractivity contribution in [1.29, 1.82) is 0 Å². The molecule has 1 saturated carbocycles. The van der Waals surface area contributed by atoms with E-state index in [0.717, 1.165) is 17.5 Å². The molecule has 4 aliphatic rings. The molecule has 2 aliphatic carbocycles. The molecular formula is C38H29ClFN3O7. The first-order valence-electron chi connectivity index (χ1n) is 16.1. The summed E-state index contributed by atoms with van der Waals surface area (Å²) in [6.45, 7) is 0. The molecule has 50 heavy (non-hydrogen) atoms. The van der Waals surface area contributed by atoms with Crippen molar-refractivity contribution in [2.24, 2.45) is 23.7 Å². The number of imide groups is 4. The second-order valence-electron chi connectivity index (χ2n) is 13.1. The second-order valence-corrected chi connectivity index (χ2v) is 13.5. The van der Waals surface area contributed by atoms with E-state index in [-0.39, 0.29) is 24.3 Å². The van der Waals surface area contributed by atoms with E-state index in [1.54, 1.807) is 42.5 Å². The quantitative estimate of drug-likeness (QED) is 0.194. The molecule has 4 aromatic carbocycles. The number of methoxy groups -OCH3 is 1. The average Bonchev–Trinajstić information content (AvgIpc) is 3.50. The molecule has 10 nitrogen and oxygen atoms in total. The molecule has 2 aliphatic heterocycles. The fourth-order valence-electron chi connectivity index (χ4n) is 8.78. The van der Waals surface area contributed by atoms with Crippen LogP contribution in [-0.4, -0.2) is 51.8 Å². The topological polar surface area (TPSA) is 133 Å². The third-order valence-electron chi connectivity index (χ3n) is 10.9. The molecule has 2 saturated heterocycles. The molecule has 6 atom stereocenters. The fraction of sp³-hybridized carbons (Fsp3) is 0.237. The van der Waals surface area contributed by atoms with Crippen molar-refractivity contribution in [2.45, 2.75) is 24.2 Å². The maximum absolute atomic E-state index is 15.2. The highest BCUT2D eigenvalue weighted by Gasteiger charge is 2.71. The van der Waals surface area contributed by atoms with Gasteiger partial charge in [0.05, 0.1) is 36.0 Å². The van der Waals surface area contributed by atoms with Crippen molar-refractivity contribution in [3.05, 3.63) is 119 Å². The molecule has 2 heterocycles. The van der Waals surface area contributed by atoms with Gasteiger partial charge in [-0.25, -0.2) is 9.18 Å². The predicted molar refractivity (Wildman–Crippen MR) is 179 cm³/mol. The van der Waals surface area contributed by atoms with Crippen molar-refractivity contribution in [3.8, 4) is 5.75 Å². The summed E-state index contributed by atoms with van der Waals surface area (Å²) >= 11 is 6.33. The number of carbonyl (C=O) groups is 5. The summed E-state index contributed by atoms with van der Waals surface area (Å²) in [4.78, 5) is 70.5. The van der Waals surface area contributed by atoms with Crippen LogP contribution >= 0.6 is 11.6 Å². The Hall–Kier alpha value is -5.55. The molecule has 3 fully saturated rings. The number of nitrogens with zero attached hydrogens (tertiary/aromatic N) is 2. The number of likely N-dealkylation sites (tertiary alicyclic amines) is 1. The highest BCUT2D eigenvalue weighted by atomic mass is 35.5. The fourth-order valence-corrected chi connectivity index (χ4v) is 8.90. The number of aromatic hydroxyl groups is 1. The summed E-state index contributed by atoms with van der Waals surface area (Å²) < 4.78 is 18.6. The zero-order valence-electron chi connectivity index (χ0n) is 26.5. The monoisotopic (exact) mass is 693 g/mol. The lowest BCUT2D eigenvalue weighted by molar-refractivity contribution is -0.140. The SMILES string of the molecule is COC(=O)N1C(=O)C2CC=C3C(CC4C(=O)N(Nc5ccc(F)cc5)C(=O)C4(c4ccc(Cl)cc4)C3c3ccc4ccccc4c3O)C2C1=O. The second kappa shape index (κ2) is 11.5. The Morgan fingerprint density at radius 3 is 2.36 bits per heavy atom. The van der Waals surface area contributed by atoms with Gasteiger partial charge in [0.2, 0.25) is 11.8 Å². The smallest absolute Gasteiger partial charge is 0.423 e. The van der Waals surface area contributed by atoms with E-state index in [9.17, 15) is 28.7 Å². The van der Waals surface area contributed by atoms with Gasteiger partial charge in [-0.15, -0.1) is 0 Å². The zero-order valence-corrected chi connectivity index (χ0v) is 27.3. The Kier molecular flexibility index (Phi) is 7.30. The molecule has 0 aromatic heterocycles. The number of benzene rings is 4. The summed E-state index contributed by atoms with van der Waals surface area (Å²) in [7, 11) is 1.08. The highest BCUT2D eigenvalue weighted by molar-refractivity contribution is 6.30. The van der Waals surface area contributed by atoms with Gasteiger partial charge in [-0.1, -0.05) is 71.8 Å². The van der Waals surface area contributed by atoms with Crippen molar-refractivity contribution < 1.29 is 38.2 Å². The van der Waals surface area contributed by atoms with Crippen LogP contribution in [-0.2, 0) is 29.3 Å². The zero-order chi connectivity index (χ0) is 35.1. The van der Waals surface area contributed by atoms with Crippen molar-refractivity contribution in [3.63, 3.8) is 0 Å². The first kappa shape index (κ1) is 31.7. The number of hydrazine groups is 1. The first-order valence-corrected chi connectivity index (χ1v) is 16.5. The minimum atomic E-state index is -1.67. The van der Waals surface area contributed by atoms with Crippen LogP contribution < -0.4 is 5.43 Å².